The Morgan fingerprint density at radius 3 is 0.762 bits per heavy atom. The van der Waals surface area contributed by atoms with Crippen molar-refractivity contribution in [1.29, 1.82) is 0 Å². The molecule has 0 bridgehead atoms. The Bertz CT molecular complexity index is 7290. The van der Waals surface area contributed by atoms with E-state index in [9.17, 15) is 0 Å². The molecule has 0 amide bonds. The third kappa shape index (κ3) is 12.4. The van der Waals surface area contributed by atoms with Crippen molar-refractivity contribution in [3.05, 3.63) is 437 Å². The standard InChI is InChI=1S/2C55H36N6/c1-3-18-41(19-4-1)60-52-31-13-9-25-48(52)57-54(60)39-33-38(34-40(35-39)55-58-49-26-10-14-32-53(49)61(55)42-20-5-2-6-21-42)47-28-16-27-46(56-47)37-17-15-22-43(36-37)59-50-29-11-7-23-44(50)45-24-8-12-30-51(45)59;1-3-17-43(18-4-1)60-52-28-13-9-24-48(52)57-54(60)39-30-38(31-40(32-39)55-58-49-25-10-14-29-53(49)61(55)44-19-5-2-6-20-44)42-33-41(35-56-36-42)37-16-15-21-45(34-37)59-50-26-11-7-22-46(50)47-23-8-12-27-51(47)59/h2*1-36H. The summed E-state index contributed by atoms with van der Waals surface area (Å²) in [5.41, 5.74) is 30.6. The minimum Gasteiger partial charge on any atom is -0.309 e. The van der Waals surface area contributed by atoms with Crippen molar-refractivity contribution < 1.29 is 0 Å². The first-order chi connectivity index (χ1) is 60.5. The SMILES string of the molecule is c1ccc(-n2c(-c3cc(-c4cccc(-c5cccc(-n6c7ccccc7c7ccccc76)c5)n4)cc(-c4nc5ccccc5n4-c4ccccc4)c3)nc3ccccc32)cc1.c1ccc(-n2c(-c3cc(-c4cncc(-c5cccc(-n6c7ccccc7c7ccccc76)c5)c4)cc(-c4nc5ccccc5n4-c4ccccc4)c3)nc3ccccc32)cc1. The molecule has 0 aliphatic heterocycles. The maximum absolute atomic E-state index is 5.41. The molecule has 8 aromatic heterocycles. The van der Waals surface area contributed by atoms with Crippen molar-refractivity contribution in [3.8, 4) is 124 Å². The van der Waals surface area contributed by atoms with E-state index in [4.69, 9.17) is 29.9 Å². The molecule has 8 heterocycles. The van der Waals surface area contributed by atoms with Gasteiger partial charge in [0.1, 0.15) is 23.3 Å². The average Bonchev–Trinajstić information content (AvgIpc) is 1.60. The molecule has 0 unspecified atom stereocenters. The number of hydrogen-bond donors (Lipinski definition) is 0. The molecule has 0 spiro atoms. The molecule has 0 fully saturated rings. The summed E-state index contributed by atoms with van der Waals surface area (Å²) in [6, 6.07) is 149. The topological polar surface area (TPSA) is 107 Å². The largest absolute Gasteiger partial charge is 0.309 e. The summed E-state index contributed by atoms with van der Waals surface area (Å²) in [7, 11) is 0. The zero-order valence-electron chi connectivity index (χ0n) is 65.9. The van der Waals surface area contributed by atoms with Crippen LogP contribution in [-0.4, -0.2) is 57.3 Å². The molecule has 0 aliphatic rings. The number of para-hydroxylation sites is 16. The van der Waals surface area contributed by atoms with E-state index < -0.39 is 0 Å². The van der Waals surface area contributed by atoms with Gasteiger partial charge in [-0.2, -0.15) is 0 Å². The molecule has 16 aromatic carbocycles. The fourth-order valence-electron chi connectivity index (χ4n) is 17.9. The van der Waals surface area contributed by atoms with Crippen LogP contribution in [0.4, 0.5) is 0 Å². The van der Waals surface area contributed by atoms with E-state index in [-0.39, 0.29) is 0 Å². The lowest BCUT2D eigenvalue weighted by molar-refractivity contribution is 1.09. The molecule has 0 saturated heterocycles. The normalized spacial score (nSPS) is 11.6. The lowest BCUT2D eigenvalue weighted by atomic mass is 9.97. The van der Waals surface area contributed by atoms with Crippen LogP contribution >= 0.6 is 0 Å². The molecule has 24 aromatic rings. The first kappa shape index (κ1) is 70.7. The van der Waals surface area contributed by atoms with Crippen LogP contribution in [-0.2, 0) is 0 Å². The van der Waals surface area contributed by atoms with E-state index in [0.29, 0.717) is 0 Å². The second kappa shape index (κ2) is 29.8. The lowest BCUT2D eigenvalue weighted by Gasteiger charge is -2.15. The number of benzene rings is 16. The molecule has 0 saturated carbocycles. The number of pyridine rings is 2. The summed E-state index contributed by atoms with van der Waals surface area (Å²) in [6.07, 6.45) is 3.92. The highest BCUT2D eigenvalue weighted by atomic mass is 15.1. The Morgan fingerprint density at radius 2 is 0.402 bits per heavy atom. The van der Waals surface area contributed by atoms with Crippen LogP contribution in [0.5, 0.6) is 0 Å². The number of rotatable bonds is 14. The van der Waals surface area contributed by atoms with Crippen LogP contribution in [0, 0.1) is 0 Å². The van der Waals surface area contributed by atoms with Gasteiger partial charge < -0.3 is 9.13 Å². The molecular formula is C110H72N12. The average molecular weight is 1560 g/mol. The van der Waals surface area contributed by atoms with Gasteiger partial charge in [-0.25, -0.2) is 24.9 Å². The van der Waals surface area contributed by atoms with Crippen molar-refractivity contribution in [2.24, 2.45) is 0 Å². The van der Waals surface area contributed by atoms with E-state index in [0.717, 1.165) is 169 Å². The Morgan fingerprint density at radius 1 is 0.148 bits per heavy atom. The summed E-state index contributed by atoms with van der Waals surface area (Å²) >= 11 is 0. The van der Waals surface area contributed by atoms with Gasteiger partial charge in [0.15, 0.2) is 0 Å². The molecule has 12 nitrogen and oxygen atoms in total. The van der Waals surface area contributed by atoms with Gasteiger partial charge in [-0.3, -0.25) is 23.3 Å². The zero-order valence-corrected chi connectivity index (χ0v) is 65.9. The quantitative estimate of drug-likeness (QED) is 0.107. The third-order valence-corrected chi connectivity index (χ3v) is 23.3. The van der Waals surface area contributed by atoms with Crippen LogP contribution in [0.3, 0.4) is 0 Å². The van der Waals surface area contributed by atoms with Crippen LogP contribution in [0.25, 0.3) is 212 Å². The van der Waals surface area contributed by atoms with Gasteiger partial charge >= 0.3 is 0 Å². The number of aromatic nitrogens is 12. The van der Waals surface area contributed by atoms with Crippen LogP contribution < -0.4 is 0 Å². The van der Waals surface area contributed by atoms with Gasteiger partial charge in [0, 0.05) is 113 Å². The summed E-state index contributed by atoms with van der Waals surface area (Å²) in [6.45, 7) is 0. The summed E-state index contributed by atoms with van der Waals surface area (Å²) in [4.78, 5) is 31.5. The lowest BCUT2D eigenvalue weighted by Crippen LogP contribution is -2.00. The Kier molecular flexibility index (Phi) is 17.3. The fraction of sp³-hybridized carbons (Fsp3) is 0. The number of nitrogens with zero attached hydrogens (tertiary/aromatic N) is 12. The Hall–Kier alpha value is -16.7. The van der Waals surface area contributed by atoms with Crippen molar-refractivity contribution in [2.75, 3.05) is 0 Å². The molecule has 572 valence electrons. The fourth-order valence-corrected chi connectivity index (χ4v) is 17.9. The molecule has 0 N–H and O–H groups in total. The van der Waals surface area contributed by atoms with Gasteiger partial charge in [-0.05, 0) is 211 Å². The van der Waals surface area contributed by atoms with Crippen molar-refractivity contribution in [3.63, 3.8) is 0 Å². The first-order valence-electron chi connectivity index (χ1n) is 41.0. The number of imidazole rings is 4. The number of hydrogen-bond acceptors (Lipinski definition) is 6. The smallest absolute Gasteiger partial charge is 0.145 e. The monoisotopic (exact) mass is 1560 g/mol. The Balaban J connectivity index is 0.000000142. The first-order valence-corrected chi connectivity index (χ1v) is 41.0. The molecular weight excluding hydrogens is 1490 g/mol. The van der Waals surface area contributed by atoms with Gasteiger partial charge in [0.25, 0.3) is 0 Å². The molecule has 24 rings (SSSR count). The summed E-state index contributed by atoms with van der Waals surface area (Å²) < 4.78 is 13.7. The number of fused-ring (bicyclic) bond motifs is 10. The summed E-state index contributed by atoms with van der Waals surface area (Å²) in [5, 5.41) is 4.95. The third-order valence-electron chi connectivity index (χ3n) is 23.3. The van der Waals surface area contributed by atoms with Gasteiger partial charge in [0.05, 0.1) is 77.6 Å². The van der Waals surface area contributed by atoms with E-state index in [2.05, 4.69) is 404 Å². The Labute approximate surface area is 702 Å². The van der Waals surface area contributed by atoms with Crippen molar-refractivity contribution in [2.45, 2.75) is 0 Å². The second-order valence-corrected chi connectivity index (χ2v) is 30.7. The van der Waals surface area contributed by atoms with E-state index >= 15 is 0 Å². The van der Waals surface area contributed by atoms with Crippen LogP contribution in [0.1, 0.15) is 0 Å². The van der Waals surface area contributed by atoms with E-state index in [1.165, 1.54) is 43.6 Å². The van der Waals surface area contributed by atoms with Crippen molar-refractivity contribution >= 4 is 87.7 Å². The maximum atomic E-state index is 5.41. The maximum Gasteiger partial charge on any atom is 0.145 e. The molecule has 0 radical (unpaired) electrons. The van der Waals surface area contributed by atoms with E-state index in [1.54, 1.807) is 0 Å². The van der Waals surface area contributed by atoms with Crippen molar-refractivity contribution in [1.82, 2.24) is 57.3 Å². The minimum absolute atomic E-state index is 0.841. The predicted octanol–water partition coefficient (Wildman–Crippen LogP) is 27.0. The second-order valence-electron chi connectivity index (χ2n) is 30.7. The highest BCUT2D eigenvalue weighted by Gasteiger charge is 2.25. The highest BCUT2D eigenvalue weighted by Crippen LogP contribution is 2.43. The van der Waals surface area contributed by atoms with E-state index in [1.807, 2.05) is 60.9 Å². The van der Waals surface area contributed by atoms with Crippen LogP contribution in [0.15, 0.2) is 437 Å². The summed E-state index contributed by atoms with van der Waals surface area (Å²) in [5.74, 6) is 3.38. The zero-order chi connectivity index (χ0) is 80.6. The molecule has 122 heavy (non-hydrogen) atoms. The minimum atomic E-state index is 0.841. The highest BCUT2D eigenvalue weighted by molar-refractivity contribution is 6.11. The predicted molar refractivity (Wildman–Crippen MR) is 499 cm³/mol. The molecule has 0 aliphatic carbocycles. The van der Waals surface area contributed by atoms with Gasteiger partial charge in [0.2, 0.25) is 0 Å². The van der Waals surface area contributed by atoms with Gasteiger partial charge in [-0.15, -0.1) is 0 Å². The van der Waals surface area contributed by atoms with Crippen LogP contribution in [0.2, 0.25) is 0 Å². The molecule has 12 heteroatoms. The molecule has 0 atom stereocenters. The van der Waals surface area contributed by atoms with Gasteiger partial charge in [-0.1, -0.05) is 224 Å².